The number of ether oxygens (including phenoxy) is 3. The lowest BCUT2D eigenvalue weighted by atomic mass is 10.1. The number of hydrogen-bond donors (Lipinski definition) is 0. The molecule has 1 amide bonds. The molecule has 0 radical (unpaired) electrons. The van der Waals surface area contributed by atoms with E-state index in [-0.39, 0.29) is 17.8 Å². The third-order valence-corrected chi connectivity index (χ3v) is 4.63. The Labute approximate surface area is 141 Å². The van der Waals surface area contributed by atoms with E-state index in [0.29, 0.717) is 23.6 Å². The molecule has 0 bridgehead atoms. The Morgan fingerprint density at radius 2 is 1.86 bits per heavy atom. The van der Waals surface area contributed by atoms with Crippen LogP contribution in [0.5, 0.6) is 0 Å². The third-order valence-electron chi connectivity index (χ3n) is 3.44. The van der Waals surface area contributed by atoms with Crippen LogP contribution in [0.1, 0.15) is 41.0 Å². The number of carbonyl (C=O) groups excluding carboxylic acids is 1. The Morgan fingerprint density at radius 1 is 1.24 bits per heavy atom. The van der Waals surface area contributed by atoms with E-state index in [2.05, 4.69) is 22.6 Å². The maximum Gasteiger partial charge on any atom is 0.410 e. The van der Waals surface area contributed by atoms with E-state index in [4.69, 9.17) is 14.2 Å². The molecule has 5 nitrogen and oxygen atoms in total. The molecule has 0 N–H and O–H groups in total. The number of methoxy groups -OCH3 is 1. The highest BCUT2D eigenvalue weighted by molar-refractivity contribution is 14.1. The first-order valence-electron chi connectivity index (χ1n) is 7.33. The summed E-state index contributed by atoms with van der Waals surface area (Å²) in [5, 5.41) is 0. The summed E-state index contributed by atoms with van der Waals surface area (Å²) in [6.45, 7) is 11.6. The molecule has 1 saturated heterocycles. The highest BCUT2D eigenvalue weighted by Crippen LogP contribution is 2.24. The molecule has 1 heterocycles. The summed E-state index contributed by atoms with van der Waals surface area (Å²) in [7, 11) is 1.71. The van der Waals surface area contributed by atoms with Crippen LogP contribution in [-0.2, 0) is 14.2 Å². The van der Waals surface area contributed by atoms with Crippen molar-refractivity contribution in [1.82, 2.24) is 4.90 Å². The minimum atomic E-state index is -0.459. The fraction of sp³-hybridized carbons (Fsp3) is 0.933. The number of carbonyl (C=O) groups is 1. The highest BCUT2D eigenvalue weighted by Gasteiger charge is 2.36. The van der Waals surface area contributed by atoms with Crippen LogP contribution in [0.3, 0.4) is 0 Å². The molecule has 0 aromatic heterocycles. The van der Waals surface area contributed by atoms with Crippen molar-refractivity contribution in [3.8, 4) is 0 Å². The third kappa shape index (κ3) is 6.69. The molecule has 0 saturated carbocycles. The largest absolute Gasteiger partial charge is 0.444 e. The maximum atomic E-state index is 12.1. The summed E-state index contributed by atoms with van der Waals surface area (Å²) in [5.74, 6) is 0. The van der Waals surface area contributed by atoms with Crippen molar-refractivity contribution in [2.75, 3.05) is 26.8 Å². The first-order chi connectivity index (χ1) is 9.54. The standard InChI is InChI=1S/C15H28INO4/c1-14(2,3)21-13(18)17-9-11(16)12(10-17)20-8-7-15(4,5)19-6/h11-12H,7-10H2,1-6H3. The van der Waals surface area contributed by atoms with Gasteiger partial charge in [-0.3, -0.25) is 0 Å². The SMILES string of the molecule is COC(C)(C)CCOC1CN(C(=O)OC(C)(C)C)CC1I. The second kappa shape index (κ2) is 7.46. The lowest BCUT2D eigenvalue weighted by Crippen LogP contribution is -2.36. The van der Waals surface area contributed by atoms with Gasteiger partial charge in [-0.25, -0.2) is 4.79 Å². The topological polar surface area (TPSA) is 48.0 Å². The molecular weight excluding hydrogens is 385 g/mol. The molecular formula is C15H28INO4. The van der Waals surface area contributed by atoms with Crippen molar-refractivity contribution in [2.45, 2.75) is 62.3 Å². The van der Waals surface area contributed by atoms with E-state index < -0.39 is 5.60 Å². The molecule has 0 spiro atoms. The summed E-state index contributed by atoms with van der Waals surface area (Å²) >= 11 is 2.34. The van der Waals surface area contributed by atoms with Crippen LogP contribution in [0.2, 0.25) is 0 Å². The van der Waals surface area contributed by atoms with Gasteiger partial charge in [0.05, 0.1) is 22.2 Å². The van der Waals surface area contributed by atoms with Crippen molar-refractivity contribution >= 4 is 28.7 Å². The number of nitrogens with zero attached hydrogens (tertiary/aromatic N) is 1. The molecule has 2 unspecified atom stereocenters. The number of likely N-dealkylation sites (tertiary alicyclic amines) is 1. The highest BCUT2D eigenvalue weighted by atomic mass is 127. The average Bonchev–Trinajstić information content (AvgIpc) is 2.69. The Hall–Kier alpha value is -0.0800. The zero-order valence-electron chi connectivity index (χ0n) is 13.9. The van der Waals surface area contributed by atoms with E-state index in [1.54, 1.807) is 12.0 Å². The van der Waals surface area contributed by atoms with Crippen molar-refractivity contribution in [3.05, 3.63) is 0 Å². The van der Waals surface area contributed by atoms with Gasteiger partial charge < -0.3 is 19.1 Å². The van der Waals surface area contributed by atoms with Crippen LogP contribution in [-0.4, -0.2) is 59.0 Å². The van der Waals surface area contributed by atoms with Gasteiger partial charge in [0.2, 0.25) is 0 Å². The fourth-order valence-corrected chi connectivity index (χ4v) is 2.84. The number of rotatable bonds is 5. The molecule has 0 aromatic rings. The maximum absolute atomic E-state index is 12.1. The van der Waals surface area contributed by atoms with E-state index in [0.717, 1.165) is 6.42 Å². The van der Waals surface area contributed by atoms with Crippen molar-refractivity contribution in [3.63, 3.8) is 0 Å². The van der Waals surface area contributed by atoms with Gasteiger partial charge in [0.1, 0.15) is 5.60 Å². The Kier molecular flexibility index (Phi) is 6.74. The monoisotopic (exact) mass is 413 g/mol. The summed E-state index contributed by atoms with van der Waals surface area (Å²) in [5.41, 5.74) is -0.635. The molecule has 21 heavy (non-hydrogen) atoms. The van der Waals surface area contributed by atoms with Gasteiger partial charge in [0, 0.05) is 20.3 Å². The number of hydrogen-bond acceptors (Lipinski definition) is 4. The molecule has 1 aliphatic rings. The van der Waals surface area contributed by atoms with Gasteiger partial charge in [-0.15, -0.1) is 0 Å². The number of halogens is 1. The predicted octanol–water partition coefficient (Wildman–Crippen LogP) is 3.24. The van der Waals surface area contributed by atoms with Crippen molar-refractivity contribution in [2.24, 2.45) is 0 Å². The van der Waals surface area contributed by atoms with E-state index in [1.807, 2.05) is 34.6 Å². The molecule has 6 heteroatoms. The Bertz CT molecular complexity index is 354. The first-order valence-corrected chi connectivity index (χ1v) is 8.57. The first kappa shape index (κ1) is 19.0. The molecule has 1 rings (SSSR count). The molecule has 0 aromatic carbocycles. The summed E-state index contributed by atoms with van der Waals surface area (Å²) < 4.78 is 17.0. The van der Waals surface area contributed by atoms with Gasteiger partial charge in [0.25, 0.3) is 0 Å². The Balaban J connectivity index is 2.41. The van der Waals surface area contributed by atoms with Crippen LogP contribution in [0.4, 0.5) is 4.79 Å². The fourth-order valence-electron chi connectivity index (χ4n) is 1.93. The minimum Gasteiger partial charge on any atom is -0.444 e. The lowest BCUT2D eigenvalue weighted by Gasteiger charge is -2.25. The van der Waals surface area contributed by atoms with E-state index >= 15 is 0 Å². The second-order valence-electron chi connectivity index (χ2n) is 7.02. The van der Waals surface area contributed by atoms with Crippen LogP contribution < -0.4 is 0 Å². The quantitative estimate of drug-likeness (QED) is 0.513. The summed E-state index contributed by atoms with van der Waals surface area (Å²) in [6.07, 6.45) is 0.633. The van der Waals surface area contributed by atoms with Gasteiger partial charge in [-0.2, -0.15) is 0 Å². The summed E-state index contributed by atoms with van der Waals surface area (Å²) in [6, 6.07) is 0. The normalized spacial score (nSPS) is 23.5. The minimum absolute atomic E-state index is 0.0609. The lowest BCUT2D eigenvalue weighted by molar-refractivity contribution is -0.0245. The van der Waals surface area contributed by atoms with E-state index in [9.17, 15) is 4.79 Å². The zero-order valence-corrected chi connectivity index (χ0v) is 16.1. The molecule has 1 fully saturated rings. The zero-order chi connectivity index (χ0) is 16.3. The van der Waals surface area contributed by atoms with Gasteiger partial charge >= 0.3 is 6.09 Å². The number of alkyl halides is 1. The Morgan fingerprint density at radius 3 is 2.38 bits per heavy atom. The molecule has 0 aliphatic carbocycles. The van der Waals surface area contributed by atoms with Crippen LogP contribution in [0.25, 0.3) is 0 Å². The van der Waals surface area contributed by atoms with Gasteiger partial charge in [-0.1, -0.05) is 22.6 Å². The van der Waals surface area contributed by atoms with Crippen LogP contribution >= 0.6 is 22.6 Å². The second-order valence-corrected chi connectivity index (χ2v) is 8.62. The smallest absolute Gasteiger partial charge is 0.410 e. The predicted molar refractivity (Wildman–Crippen MR) is 91.1 cm³/mol. The number of amides is 1. The molecule has 2 atom stereocenters. The van der Waals surface area contributed by atoms with E-state index in [1.165, 1.54) is 0 Å². The molecule has 1 aliphatic heterocycles. The van der Waals surface area contributed by atoms with Gasteiger partial charge in [0.15, 0.2) is 0 Å². The van der Waals surface area contributed by atoms with Gasteiger partial charge in [-0.05, 0) is 41.0 Å². The molecule has 124 valence electrons. The average molecular weight is 413 g/mol. The van der Waals surface area contributed by atoms with Crippen molar-refractivity contribution in [1.29, 1.82) is 0 Å². The van der Waals surface area contributed by atoms with Crippen LogP contribution in [0.15, 0.2) is 0 Å². The van der Waals surface area contributed by atoms with Crippen LogP contribution in [0, 0.1) is 0 Å². The summed E-state index contributed by atoms with van der Waals surface area (Å²) in [4.78, 5) is 13.8. The van der Waals surface area contributed by atoms with Crippen molar-refractivity contribution < 1.29 is 19.0 Å².